The number of rotatable bonds is 2. The summed E-state index contributed by atoms with van der Waals surface area (Å²) in [6.45, 7) is 1.85. The van der Waals surface area contributed by atoms with Gasteiger partial charge in [-0.3, -0.25) is 4.98 Å². The van der Waals surface area contributed by atoms with Crippen molar-refractivity contribution in [2.45, 2.75) is 31.0 Å². The molecule has 3 unspecified atom stereocenters. The van der Waals surface area contributed by atoms with Crippen LogP contribution in [-0.4, -0.2) is 35.5 Å². The molecule has 104 valence electrons. The molecule has 3 heterocycles. The van der Waals surface area contributed by atoms with Gasteiger partial charge in [0, 0.05) is 25.8 Å². The zero-order valence-corrected chi connectivity index (χ0v) is 10.7. The number of aliphatic hydroxyl groups excluding tert-OH is 1. The fraction of sp³-hybridized carbons (Fsp3) is 0.643. The van der Waals surface area contributed by atoms with Gasteiger partial charge in [0.05, 0.1) is 12.2 Å². The average molecular weight is 267 g/mol. The molecule has 5 heteroatoms. The first-order valence-electron chi connectivity index (χ1n) is 6.70. The first kappa shape index (κ1) is 13.0. The lowest BCUT2D eigenvalue weighted by atomic mass is 9.81. The molecule has 4 nitrogen and oxygen atoms in total. The van der Waals surface area contributed by atoms with Crippen LogP contribution in [0.15, 0.2) is 18.3 Å². The molecule has 0 radical (unpaired) electrons. The quantitative estimate of drug-likeness (QED) is 0.888. The van der Waals surface area contributed by atoms with Crippen molar-refractivity contribution in [2.24, 2.45) is 5.92 Å². The second-order valence-electron chi connectivity index (χ2n) is 5.40. The lowest BCUT2D eigenvalue weighted by molar-refractivity contribution is -0.118. The first-order valence-corrected chi connectivity index (χ1v) is 6.70. The number of pyridine rings is 1. The molecule has 0 bridgehead atoms. The van der Waals surface area contributed by atoms with Gasteiger partial charge in [-0.2, -0.15) is 0 Å². The minimum Gasteiger partial charge on any atom is -0.386 e. The molecule has 2 aliphatic heterocycles. The molecule has 0 amide bonds. The molecule has 0 aliphatic carbocycles. The molecule has 2 fully saturated rings. The zero-order chi connectivity index (χ0) is 13.3. The maximum absolute atomic E-state index is 13.7. The lowest BCUT2D eigenvalue weighted by Crippen LogP contribution is -2.42. The lowest BCUT2D eigenvalue weighted by Gasteiger charge is -2.38. The van der Waals surface area contributed by atoms with Crippen LogP contribution >= 0.6 is 0 Å². The predicted molar refractivity (Wildman–Crippen MR) is 66.0 cm³/mol. The summed E-state index contributed by atoms with van der Waals surface area (Å²) < 4.78 is 24.9. The van der Waals surface area contributed by atoms with Crippen molar-refractivity contribution >= 4 is 0 Å². The van der Waals surface area contributed by atoms with E-state index in [1.54, 1.807) is 0 Å². The van der Waals surface area contributed by atoms with Gasteiger partial charge >= 0.3 is 0 Å². The molecule has 3 rings (SSSR count). The summed E-state index contributed by atoms with van der Waals surface area (Å²) in [6.07, 6.45) is 2.90. The number of aromatic nitrogens is 1. The summed E-state index contributed by atoms with van der Waals surface area (Å²) >= 11 is 0. The Bertz CT molecular complexity index is 448. The van der Waals surface area contributed by atoms with Crippen LogP contribution in [0.3, 0.4) is 0 Å². The molecule has 0 saturated carbocycles. The van der Waals surface area contributed by atoms with Gasteiger partial charge in [-0.05, 0) is 30.9 Å². The second-order valence-corrected chi connectivity index (χ2v) is 5.40. The van der Waals surface area contributed by atoms with Gasteiger partial charge in [0.2, 0.25) is 0 Å². The van der Waals surface area contributed by atoms with Crippen LogP contribution in [0.25, 0.3) is 0 Å². The summed E-state index contributed by atoms with van der Waals surface area (Å²) in [5, 5.41) is 10.4. The topological polar surface area (TPSA) is 51.6 Å². The Morgan fingerprint density at radius 2 is 2.37 bits per heavy atom. The Labute approximate surface area is 111 Å². The molecule has 3 atom stereocenters. The van der Waals surface area contributed by atoms with E-state index in [1.807, 2.05) is 0 Å². The average Bonchev–Trinajstić information content (AvgIpc) is 2.86. The number of hydrogen-bond acceptors (Lipinski definition) is 4. The van der Waals surface area contributed by atoms with Crippen LogP contribution < -0.4 is 0 Å². The maximum atomic E-state index is 13.7. The van der Waals surface area contributed by atoms with Crippen molar-refractivity contribution in [3.8, 4) is 0 Å². The summed E-state index contributed by atoms with van der Waals surface area (Å²) in [5.41, 5.74) is -0.140. The Morgan fingerprint density at radius 3 is 3.11 bits per heavy atom. The Hall–Kier alpha value is -1.04. The van der Waals surface area contributed by atoms with Crippen molar-refractivity contribution in [3.05, 3.63) is 29.8 Å². The van der Waals surface area contributed by atoms with Gasteiger partial charge in [0.1, 0.15) is 17.6 Å². The van der Waals surface area contributed by atoms with E-state index in [-0.39, 0.29) is 17.2 Å². The molecule has 1 aromatic rings. The van der Waals surface area contributed by atoms with E-state index in [2.05, 4.69) is 4.98 Å². The molecule has 2 aliphatic rings. The van der Waals surface area contributed by atoms with E-state index in [1.165, 1.54) is 18.3 Å². The predicted octanol–water partition coefficient (Wildman–Crippen LogP) is 1.84. The summed E-state index contributed by atoms with van der Waals surface area (Å²) in [5.74, 6) is -0.474. The van der Waals surface area contributed by atoms with Crippen LogP contribution in [0, 0.1) is 11.7 Å². The Kier molecular flexibility index (Phi) is 3.52. The third-order valence-corrected chi connectivity index (χ3v) is 4.11. The van der Waals surface area contributed by atoms with Crippen LogP contribution in [0.2, 0.25) is 0 Å². The highest BCUT2D eigenvalue weighted by Gasteiger charge is 2.43. The number of nitrogens with zero attached hydrogens (tertiary/aromatic N) is 1. The molecule has 2 saturated heterocycles. The van der Waals surface area contributed by atoms with Crippen LogP contribution in [-0.2, 0) is 9.47 Å². The van der Waals surface area contributed by atoms with E-state index >= 15 is 0 Å². The summed E-state index contributed by atoms with van der Waals surface area (Å²) in [6, 6.07) is 2.86. The molecule has 1 spiro atoms. The fourth-order valence-electron chi connectivity index (χ4n) is 3.04. The van der Waals surface area contributed by atoms with Gasteiger partial charge < -0.3 is 14.6 Å². The van der Waals surface area contributed by atoms with Crippen molar-refractivity contribution in [3.63, 3.8) is 0 Å². The third kappa shape index (κ3) is 2.50. The molecule has 19 heavy (non-hydrogen) atoms. The Balaban J connectivity index is 1.76. The van der Waals surface area contributed by atoms with E-state index in [9.17, 15) is 9.50 Å². The molecule has 1 aromatic heterocycles. The normalized spacial score (nSPS) is 32.6. The second kappa shape index (κ2) is 5.15. The zero-order valence-electron chi connectivity index (χ0n) is 10.7. The smallest absolute Gasteiger partial charge is 0.147 e. The van der Waals surface area contributed by atoms with Gasteiger partial charge in [-0.15, -0.1) is 0 Å². The van der Waals surface area contributed by atoms with Crippen LogP contribution in [0.1, 0.15) is 31.1 Å². The van der Waals surface area contributed by atoms with E-state index in [0.717, 1.165) is 12.8 Å². The van der Waals surface area contributed by atoms with E-state index in [0.29, 0.717) is 26.2 Å². The summed E-state index contributed by atoms with van der Waals surface area (Å²) in [4.78, 5) is 3.97. The largest absolute Gasteiger partial charge is 0.386 e. The van der Waals surface area contributed by atoms with E-state index < -0.39 is 11.9 Å². The molecule has 0 aromatic carbocycles. The Morgan fingerprint density at radius 1 is 1.47 bits per heavy atom. The van der Waals surface area contributed by atoms with Crippen molar-refractivity contribution in [1.29, 1.82) is 0 Å². The van der Waals surface area contributed by atoms with Crippen LogP contribution in [0.5, 0.6) is 0 Å². The third-order valence-electron chi connectivity index (χ3n) is 4.11. The molecule has 1 N–H and O–H groups in total. The highest BCUT2D eigenvalue weighted by atomic mass is 19.1. The highest BCUT2D eigenvalue weighted by Crippen LogP contribution is 2.40. The van der Waals surface area contributed by atoms with Gasteiger partial charge in [-0.25, -0.2) is 4.39 Å². The fourth-order valence-corrected chi connectivity index (χ4v) is 3.04. The van der Waals surface area contributed by atoms with Crippen molar-refractivity contribution in [1.82, 2.24) is 4.98 Å². The van der Waals surface area contributed by atoms with Gasteiger partial charge in [0.15, 0.2) is 0 Å². The number of hydrogen-bond donors (Lipinski definition) is 1. The number of ether oxygens (including phenoxy) is 2. The van der Waals surface area contributed by atoms with Crippen molar-refractivity contribution in [2.75, 3.05) is 19.8 Å². The number of halogens is 1. The number of aliphatic hydroxyl groups is 1. The van der Waals surface area contributed by atoms with Gasteiger partial charge in [0.25, 0.3) is 0 Å². The minimum atomic E-state index is -0.873. The highest BCUT2D eigenvalue weighted by molar-refractivity contribution is 5.11. The van der Waals surface area contributed by atoms with Crippen molar-refractivity contribution < 1.29 is 19.0 Å². The molecular weight excluding hydrogens is 249 g/mol. The first-order chi connectivity index (χ1) is 9.20. The summed E-state index contributed by atoms with van der Waals surface area (Å²) in [7, 11) is 0. The SMILES string of the molecule is OC(c1ncccc1F)C1CCOC2(CCOC2)C1. The van der Waals surface area contributed by atoms with E-state index in [4.69, 9.17) is 9.47 Å². The van der Waals surface area contributed by atoms with Gasteiger partial charge in [-0.1, -0.05) is 0 Å². The standard InChI is InChI=1S/C14H18FNO3/c15-11-2-1-5-16-12(11)13(17)10-3-6-19-14(8-10)4-7-18-9-14/h1-2,5,10,13,17H,3-4,6-9H2. The maximum Gasteiger partial charge on any atom is 0.147 e. The molecular formula is C14H18FNO3. The monoisotopic (exact) mass is 267 g/mol. The minimum absolute atomic E-state index is 0.0279. The van der Waals surface area contributed by atoms with Crippen LogP contribution in [0.4, 0.5) is 4.39 Å².